The average Bonchev–Trinajstić information content (AvgIpc) is 3.33. The second-order valence-electron chi connectivity index (χ2n) is 6.47. The van der Waals surface area contributed by atoms with Crippen LogP contribution in [0.25, 0.3) is 0 Å². The Bertz CT molecular complexity index is 592. The van der Waals surface area contributed by atoms with E-state index in [9.17, 15) is 9.59 Å². The van der Waals surface area contributed by atoms with E-state index in [1.807, 2.05) is 35.2 Å². The molecule has 2 aliphatic rings. The zero-order valence-corrected chi connectivity index (χ0v) is 15.3. The van der Waals surface area contributed by atoms with Crippen LogP contribution in [-0.2, 0) is 14.3 Å². The number of rotatable bonds is 6. The molecular formula is C18H25N3O3S. The molecule has 3 unspecified atom stereocenters. The molecule has 2 heterocycles. The molecule has 3 atom stereocenters. The van der Waals surface area contributed by atoms with Crippen molar-refractivity contribution in [1.29, 1.82) is 0 Å². The molecule has 0 spiro atoms. The highest BCUT2D eigenvalue weighted by molar-refractivity contribution is 7.99. The third-order valence-electron chi connectivity index (χ3n) is 4.73. The first-order chi connectivity index (χ1) is 12.2. The second-order valence-corrected chi connectivity index (χ2v) is 7.55. The average molecular weight is 363 g/mol. The summed E-state index contributed by atoms with van der Waals surface area (Å²) in [5.41, 5.74) is 0.839. The van der Waals surface area contributed by atoms with Crippen LogP contribution in [0.5, 0.6) is 0 Å². The van der Waals surface area contributed by atoms with Gasteiger partial charge in [0.25, 0.3) is 5.91 Å². The lowest BCUT2D eigenvalue weighted by molar-refractivity contribution is -0.131. The monoisotopic (exact) mass is 363 g/mol. The topological polar surface area (TPSA) is 70.7 Å². The van der Waals surface area contributed by atoms with Crippen LogP contribution in [0.15, 0.2) is 30.3 Å². The fraction of sp³-hybridized carbons (Fsp3) is 0.556. The predicted octanol–water partition coefficient (Wildman–Crippen LogP) is 1.00. The van der Waals surface area contributed by atoms with Gasteiger partial charge in [0, 0.05) is 32.5 Å². The van der Waals surface area contributed by atoms with Crippen molar-refractivity contribution in [3.8, 4) is 0 Å². The van der Waals surface area contributed by atoms with Gasteiger partial charge in [0.05, 0.1) is 11.9 Å². The summed E-state index contributed by atoms with van der Waals surface area (Å²) in [7, 11) is 1.54. The van der Waals surface area contributed by atoms with Gasteiger partial charge < -0.3 is 20.3 Å². The van der Waals surface area contributed by atoms with Crippen LogP contribution in [0.1, 0.15) is 18.1 Å². The van der Waals surface area contributed by atoms with Crippen molar-refractivity contribution < 1.29 is 14.3 Å². The molecule has 3 rings (SSSR count). The molecule has 2 N–H and O–H groups in total. The first-order valence-corrected chi connectivity index (χ1v) is 9.80. The zero-order chi connectivity index (χ0) is 17.6. The number of hydrogen-bond donors (Lipinski definition) is 2. The Morgan fingerprint density at radius 1 is 1.40 bits per heavy atom. The van der Waals surface area contributed by atoms with E-state index in [1.165, 1.54) is 7.11 Å². The lowest BCUT2D eigenvalue weighted by Crippen LogP contribution is -2.42. The van der Waals surface area contributed by atoms with E-state index in [0.717, 1.165) is 36.7 Å². The number of amides is 2. The number of nitrogens with one attached hydrogen (secondary N) is 2. The number of thioether (sulfide) groups is 1. The summed E-state index contributed by atoms with van der Waals surface area (Å²) in [6.45, 7) is 2.15. The summed E-state index contributed by atoms with van der Waals surface area (Å²) in [6.07, 6.45) is 0.165. The van der Waals surface area contributed by atoms with Crippen LogP contribution in [-0.4, -0.2) is 61.1 Å². The highest BCUT2D eigenvalue weighted by Crippen LogP contribution is 2.21. The highest BCUT2D eigenvalue weighted by Gasteiger charge is 2.33. The molecule has 1 aromatic rings. The summed E-state index contributed by atoms with van der Waals surface area (Å²) in [6, 6.07) is 9.34. The number of benzene rings is 1. The van der Waals surface area contributed by atoms with Crippen molar-refractivity contribution in [3.05, 3.63) is 35.9 Å². The Morgan fingerprint density at radius 2 is 2.20 bits per heavy atom. The highest BCUT2D eigenvalue weighted by atomic mass is 32.2. The molecule has 1 aromatic carbocycles. The number of nitrogens with zero attached hydrogens (tertiary/aromatic N) is 1. The summed E-state index contributed by atoms with van der Waals surface area (Å²) in [4.78, 5) is 26.8. The number of methoxy groups -OCH3 is 1. The van der Waals surface area contributed by atoms with Crippen molar-refractivity contribution in [2.24, 2.45) is 5.92 Å². The van der Waals surface area contributed by atoms with Crippen LogP contribution < -0.4 is 10.6 Å². The maximum atomic E-state index is 12.4. The Balaban J connectivity index is 1.47. The Labute approximate surface area is 152 Å². The van der Waals surface area contributed by atoms with Gasteiger partial charge in [-0.15, -0.1) is 11.8 Å². The Kier molecular flexibility index (Phi) is 6.34. The van der Waals surface area contributed by atoms with E-state index in [0.29, 0.717) is 6.54 Å². The number of ether oxygens (including phenoxy) is 1. The van der Waals surface area contributed by atoms with Crippen LogP contribution in [0, 0.1) is 5.92 Å². The molecule has 2 amide bonds. The SMILES string of the molecule is COC(C(=O)NCC1CNC(C(=O)N2CCSC2)C1)c1ccccc1. The molecule has 2 fully saturated rings. The van der Waals surface area contributed by atoms with Crippen molar-refractivity contribution in [2.45, 2.75) is 18.6 Å². The van der Waals surface area contributed by atoms with Gasteiger partial charge in [-0.2, -0.15) is 0 Å². The van der Waals surface area contributed by atoms with E-state index < -0.39 is 6.10 Å². The van der Waals surface area contributed by atoms with Crippen LogP contribution >= 0.6 is 11.8 Å². The van der Waals surface area contributed by atoms with Gasteiger partial charge in [-0.1, -0.05) is 30.3 Å². The fourth-order valence-electron chi connectivity index (χ4n) is 3.32. The van der Waals surface area contributed by atoms with Gasteiger partial charge in [0.1, 0.15) is 0 Å². The number of hydrogen-bond acceptors (Lipinski definition) is 5. The van der Waals surface area contributed by atoms with E-state index >= 15 is 0 Å². The van der Waals surface area contributed by atoms with Gasteiger partial charge in [-0.25, -0.2) is 0 Å². The lowest BCUT2D eigenvalue weighted by Gasteiger charge is -2.19. The van der Waals surface area contributed by atoms with E-state index in [1.54, 1.807) is 11.8 Å². The third-order valence-corrected chi connectivity index (χ3v) is 5.69. The molecule has 2 saturated heterocycles. The summed E-state index contributed by atoms with van der Waals surface area (Å²) < 4.78 is 5.35. The molecule has 2 aliphatic heterocycles. The predicted molar refractivity (Wildman–Crippen MR) is 98.1 cm³/mol. The number of carbonyl (C=O) groups is 2. The van der Waals surface area contributed by atoms with Crippen LogP contribution in [0.4, 0.5) is 0 Å². The molecular weight excluding hydrogens is 338 g/mol. The molecule has 25 heavy (non-hydrogen) atoms. The fourth-order valence-corrected chi connectivity index (χ4v) is 4.28. The van der Waals surface area contributed by atoms with Crippen LogP contribution in [0.2, 0.25) is 0 Å². The summed E-state index contributed by atoms with van der Waals surface area (Å²) in [5, 5.41) is 6.27. The minimum absolute atomic E-state index is 0.118. The van der Waals surface area contributed by atoms with Crippen molar-refractivity contribution >= 4 is 23.6 Å². The van der Waals surface area contributed by atoms with Crippen molar-refractivity contribution in [3.63, 3.8) is 0 Å². The minimum Gasteiger partial charge on any atom is -0.367 e. The zero-order valence-electron chi connectivity index (χ0n) is 14.4. The lowest BCUT2D eigenvalue weighted by atomic mass is 10.0. The maximum Gasteiger partial charge on any atom is 0.253 e. The smallest absolute Gasteiger partial charge is 0.253 e. The van der Waals surface area contributed by atoms with E-state index in [4.69, 9.17) is 4.74 Å². The molecule has 0 saturated carbocycles. The van der Waals surface area contributed by atoms with Gasteiger partial charge in [-0.3, -0.25) is 9.59 Å². The van der Waals surface area contributed by atoms with E-state index in [2.05, 4.69) is 10.6 Å². The molecule has 7 heteroatoms. The largest absolute Gasteiger partial charge is 0.367 e. The van der Waals surface area contributed by atoms with Gasteiger partial charge >= 0.3 is 0 Å². The van der Waals surface area contributed by atoms with Gasteiger partial charge in [0.15, 0.2) is 6.10 Å². The quantitative estimate of drug-likeness (QED) is 0.789. The number of carbonyl (C=O) groups excluding carboxylic acids is 2. The summed E-state index contributed by atoms with van der Waals surface area (Å²) in [5.74, 6) is 2.14. The Morgan fingerprint density at radius 3 is 2.88 bits per heavy atom. The first kappa shape index (κ1) is 18.2. The van der Waals surface area contributed by atoms with Crippen molar-refractivity contribution in [1.82, 2.24) is 15.5 Å². The first-order valence-electron chi connectivity index (χ1n) is 8.64. The molecule has 0 radical (unpaired) electrons. The molecule has 6 nitrogen and oxygen atoms in total. The standard InChI is InChI=1S/C18H25N3O3S/c1-24-16(14-5-3-2-4-6-14)17(22)20-11-13-9-15(19-10-13)18(23)21-7-8-25-12-21/h2-6,13,15-16,19H,7-12H2,1H3,(H,20,22). The van der Waals surface area contributed by atoms with Crippen LogP contribution in [0.3, 0.4) is 0 Å². The van der Waals surface area contributed by atoms with Crippen molar-refractivity contribution in [2.75, 3.05) is 38.4 Å². The third kappa shape index (κ3) is 4.54. The van der Waals surface area contributed by atoms with E-state index in [-0.39, 0.29) is 23.8 Å². The second kappa shape index (κ2) is 8.69. The minimum atomic E-state index is -0.602. The molecule has 136 valence electrons. The van der Waals surface area contributed by atoms with Gasteiger partial charge in [-0.05, 0) is 17.9 Å². The van der Waals surface area contributed by atoms with Gasteiger partial charge in [0.2, 0.25) is 5.91 Å². The Hall–Kier alpha value is -1.57. The normalized spacial score (nSPS) is 24.3. The molecule has 0 aromatic heterocycles. The molecule has 0 bridgehead atoms. The summed E-state index contributed by atoms with van der Waals surface area (Å²) >= 11 is 1.79. The molecule has 0 aliphatic carbocycles. The maximum absolute atomic E-state index is 12.4.